The second-order valence-corrected chi connectivity index (χ2v) is 13.1. The van der Waals surface area contributed by atoms with Crippen molar-refractivity contribution < 1.29 is 13.6 Å². The smallest absolute Gasteiger partial charge is 0.371 e. The summed E-state index contributed by atoms with van der Waals surface area (Å²) in [5.41, 5.74) is 0. The Balaban J connectivity index is 2.24. The molecule has 0 aromatic rings. The van der Waals surface area contributed by atoms with E-state index in [1.54, 1.807) is 0 Å². The zero-order chi connectivity index (χ0) is 22.7. The van der Waals surface area contributed by atoms with Crippen molar-refractivity contribution in [3.63, 3.8) is 0 Å². The zero-order valence-corrected chi connectivity index (χ0v) is 22.8. The molecule has 1 rings (SSSR count). The van der Waals surface area contributed by atoms with Crippen LogP contribution in [-0.4, -0.2) is 33.6 Å². The van der Waals surface area contributed by atoms with Crippen LogP contribution in [0.1, 0.15) is 143 Å². The predicted octanol–water partition coefficient (Wildman–Crippen LogP) is 8.87. The third-order valence-electron chi connectivity index (χ3n) is 7.14. The molecule has 1 heterocycles. The van der Waals surface area contributed by atoms with E-state index in [4.69, 9.17) is 13.6 Å². The maximum absolute atomic E-state index is 6.52. The summed E-state index contributed by atoms with van der Waals surface area (Å²) in [4.78, 5) is 0. The summed E-state index contributed by atoms with van der Waals surface area (Å²) in [6, 6.07) is 1.10. The molecule has 0 aliphatic carbocycles. The Morgan fingerprint density at radius 3 is 1.52 bits per heavy atom. The van der Waals surface area contributed by atoms with Gasteiger partial charge in [0.15, 0.2) is 0 Å². The van der Waals surface area contributed by atoms with Crippen LogP contribution in [0.15, 0.2) is 0 Å². The maximum Gasteiger partial charge on any atom is 0.371 e. The van der Waals surface area contributed by atoms with E-state index >= 15 is 0 Å². The van der Waals surface area contributed by atoms with Crippen LogP contribution in [0.4, 0.5) is 0 Å². The van der Waals surface area contributed by atoms with Crippen LogP contribution in [0.5, 0.6) is 0 Å². The molecule has 186 valence electrons. The Morgan fingerprint density at radius 1 is 0.581 bits per heavy atom. The van der Waals surface area contributed by atoms with Crippen LogP contribution < -0.4 is 0 Å². The van der Waals surface area contributed by atoms with Crippen molar-refractivity contribution in [2.45, 2.75) is 155 Å². The van der Waals surface area contributed by atoms with Crippen LogP contribution in [0, 0.1) is 0 Å². The standard InChI is InChI=1S/C27H56O3Si/c1-5-9-10-11-12-13-14-15-16-17-18-19-20-21-24-27(28-6-2)25-22-23-26-31(27,29-7-3)30-8-4/h5-26H2,1-4H3. The summed E-state index contributed by atoms with van der Waals surface area (Å²) in [7, 11) is -2.31. The Morgan fingerprint density at radius 2 is 1.06 bits per heavy atom. The average molecular weight is 457 g/mol. The van der Waals surface area contributed by atoms with Gasteiger partial charge in [0.25, 0.3) is 0 Å². The maximum atomic E-state index is 6.52. The van der Waals surface area contributed by atoms with Crippen molar-refractivity contribution >= 4 is 8.56 Å². The number of ether oxygens (including phenoxy) is 1. The molecule has 0 N–H and O–H groups in total. The lowest BCUT2D eigenvalue weighted by Crippen LogP contribution is -2.66. The molecule has 1 atom stereocenters. The van der Waals surface area contributed by atoms with Gasteiger partial charge in [-0.15, -0.1) is 0 Å². The normalized spacial score (nSPS) is 20.9. The van der Waals surface area contributed by atoms with Gasteiger partial charge in [-0.25, -0.2) is 0 Å². The van der Waals surface area contributed by atoms with Crippen LogP contribution in [0.25, 0.3) is 0 Å². The monoisotopic (exact) mass is 456 g/mol. The molecule has 1 saturated heterocycles. The fourth-order valence-electron chi connectivity index (χ4n) is 5.55. The molecule has 1 unspecified atom stereocenters. The highest BCUT2D eigenvalue weighted by Gasteiger charge is 2.59. The minimum absolute atomic E-state index is 0.122. The first-order chi connectivity index (χ1) is 15.2. The van der Waals surface area contributed by atoms with Gasteiger partial charge in [0.1, 0.15) is 5.22 Å². The summed E-state index contributed by atoms with van der Waals surface area (Å²) in [6.07, 6.45) is 24.4. The van der Waals surface area contributed by atoms with Gasteiger partial charge in [0, 0.05) is 19.8 Å². The molecule has 0 radical (unpaired) electrons. The van der Waals surface area contributed by atoms with E-state index in [1.807, 2.05) is 0 Å². The summed E-state index contributed by atoms with van der Waals surface area (Å²) in [6.45, 7) is 10.9. The molecule has 0 amide bonds. The highest BCUT2D eigenvalue weighted by Crippen LogP contribution is 2.44. The van der Waals surface area contributed by atoms with Gasteiger partial charge in [0.2, 0.25) is 0 Å². The van der Waals surface area contributed by atoms with E-state index in [2.05, 4.69) is 27.7 Å². The van der Waals surface area contributed by atoms with Gasteiger partial charge < -0.3 is 13.6 Å². The third kappa shape index (κ3) is 10.7. The third-order valence-corrected chi connectivity index (χ3v) is 11.7. The van der Waals surface area contributed by atoms with Gasteiger partial charge in [-0.1, -0.05) is 110 Å². The Bertz CT molecular complexity index is 388. The summed E-state index contributed by atoms with van der Waals surface area (Å²) < 4.78 is 19.4. The molecule has 1 aliphatic rings. The van der Waals surface area contributed by atoms with E-state index in [0.29, 0.717) is 0 Å². The van der Waals surface area contributed by atoms with Gasteiger partial charge >= 0.3 is 8.56 Å². The molecule has 0 aromatic heterocycles. The second kappa shape index (κ2) is 18.5. The minimum atomic E-state index is -2.31. The second-order valence-electron chi connectivity index (χ2n) is 9.60. The molecule has 0 aromatic carbocycles. The van der Waals surface area contributed by atoms with Crippen molar-refractivity contribution in [2.75, 3.05) is 19.8 Å². The van der Waals surface area contributed by atoms with Crippen molar-refractivity contribution in [1.29, 1.82) is 0 Å². The summed E-state index contributed by atoms with van der Waals surface area (Å²) >= 11 is 0. The Kier molecular flexibility index (Phi) is 17.4. The van der Waals surface area contributed by atoms with E-state index in [0.717, 1.165) is 38.7 Å². The number of hydrogen-bond acceptors (Lipinski definition) is 3. The molecule has 1 fully saturated rings. The number of hydrogen-bond donors (Lipinski definition) is 0. The zero-order valence-electron chi connectivity index (χ0n) is 21.8. The van der Waals surface area contributed by atoms with Crippen molar-refractivity contribution in [3.8, 4) is 0 Å². The molecule has 0 spiro atoms. The quantitative estimate of drug-likeness (QED) is 0.127. The van der Waals surface area contributed by atoms with E-state index in [9.17, 15) is 0 Å². The lowest BCUT2D eigenvalue weighted by atomic mass is 10.0. The van der Waals surface area contributed by atoms with Crippen molar-refractivity contribution in [1.82, 2.24) is 0 Å². The molecule has 0 saturated carbocycles. The lowest BCUT2D eigenvalue weighted by molar-refractivity contribution is -0.0468. The van der Waals surface area contributed by atoms with E-state index in [-0.39, 0.29) is 5.22 Å². The lowest BCUT2D eigenvalue weighted by Gasteiger charge is -2.49. The fraction of sp³-hybridized carbons (Fsp3) is 1.00. The van der Waals surface area contributed by atoms with Crippen LogP contribution in [0.2, 0.25) is 6.04 Å². The van der Waals surface area contributed by atoms with Gasteiger partial charge in [-0.05, 0) is 39.7 Å². The van der Waals surface area contributed by atoms with E-state index < -0.39 is 8.56 Å². The highest BCUT2D eigenvalue weighted by molar-refractivity contribution is 6.70. The van der Waals surface area contributed by atoms with Crippen LogP contribution in [0.3, 0.4) is 0 Å². The molecule has 1 aliphatic heterocycles. The Labute approximate surface area is 196 Å². The number of rotatable bonds is 21. The molecule has 3 nitrogen and oxygen atoms in total. The summed E-state index contributed by atoms with van der Waals surface area (Å²) in [5.74, 6) is 0. The highest BCUT2D eigenvalue weighted by atomic mass is 28.4. The van der Waals surface area contributed by atoms with Gasteiger partial charge in [0.05, 0.1) is 0 Å². The van der Waals surface area contributed by atoms with Crippen molar-refractivity contribution in [2.24, 2.45) is 0 Å². The van der Waals surface area contributed by atoms with Gasteiger partial charge in [-0.2, -0.15) is 0 Å². The SMILES string of the molecule is CCCCCCCCCCCCCCCCC1(OCC)CCCC[Si]1(OCC)OCC. The Hall–Kier alpha value is 0.0969. The predicted molar refractivity (Wildman–Crippen MR) is 137 cm³/mol. The minimum Gasteiger partial charge on any atom is -0.393 e. The van der Waals surface area contributed by atoms with Crippen LogP contribution in [-0.2, 0) is 13.6 Å². The van der Waals surface area contributed by atoms with Crippen molar-refractivity contribution in [3.05, 3.63) is 0 Å². The first-order valence-electron chi connectivity index (χ1n) is 14.1. The molecular weight excluding hydrogens is 400 g/mol. The first-order valence-corrected chi connectivity index (χ1v) is 16.1. The molecule has 4 heteroatoms. The largest absolute Gasteiger partial charge is 0.393 e. The average Bonchev–Trinajstić information content (AvgIpc) is 2.76. The number of unbranched alkanes of at least 4 members (excludes halogenated alkanes) is 13. The fourth-order valence-corrected chi connectivity index (χ4v) is 10.0. The molecule has 0 bridgehead atoms. The van der Waals surface area contributed by atoms with E-state index in [1.165, 1.54) is 103 Å². The summed E-state index contributed by atoms with van der Waals surface area (Å²) in [5, 5.41) is -0.122. The van der Waals surface area contributed by atoms with Crippen LogP contribution >= 0.6 is 0 Å². The molecule has 31 heavy (non-hydrogen) atoms. The molecular formula is C27H56O3Si. The topological polar surface area (TPSA) is 27.7 Å². The first kappa shape index (κ1) is 29.1. The van der Waals surface area contributed by atoms with Gasteiger partial charge in [-0.3, -0.25) is 0 Å².